The van der Waals surface area contributed by atoms with Gasteiger partial charge in [-0.2, -0.15) is 4.31 Å². The van der Waals surface area contributed by atoms with E-state index in [2.05, 4.69) is 16.8 Å². The highest BCUT2D eigenvalue weighted by atomic mass is 32.2. The molecule has 2 aromatic rings. The zero-order chi connectivity index (χ0) is 18.7. The van der Waals surface area contributed by atoms with E-state index in [9.17, 15) is 13.2 Å². The van der Waals surface area contributed by atoms with Crippen molar-refractivity contribution in [3.63, 3.8) is 0 Å². The van der Waals surface area contributed by atoms with Crippen LogP contribution in [0.2, 0.25) is 0 Å². The van der Waals surface area contributed by atoms with E-state index in [1.807, 2.05) is 19.9 Å². The average Bonchev–Trinajstić information content (AvgIpc) is 3.17. The van der Waals surface area contributed by atoms with Crippen LogP contribution in [0.5, 0.6) is 0 Å². The average molecular weight is 393 g/mol. The molecular formula is C19H24N2O3S2. The molecule has 0 bridgehead atoms. The van der Waals surface area contributed by atoms with Crippen LogP contribution in [-0.2, 0) is 14.8 Å². The Balaban J connectivity index is 1.66. The van der Waals surface area contributed by atoms with Crippen LogP contribution in [0.4, 0.5) is 5.69 Å². The quantitative estimate of drug-likeness (QED) is 0.839. The maximum absolute atomic E-state index is 12.9. The van der Waals surface area contributed by atoms with Crippen molar-refractivity contribution < 1.29 is 13.2 Å². The van der Waals surface area contributed by atoms with E-state index >= 15 is 0 Å². The monoisotopic (exact) mass is 392 g/mol. The molecule has 1 fully saturated rings. The number of benzene rings is 1. The summed E-state index contributed by atoms with van der Waals surface area (Å²) in [7, 11) is -3.49. The van der Waals surface area contributed by atoms with Crippen LogP contribution in [-0.4, -0.2) is 31.7 Å². The molecule has 1 aromatic heterocycles. The molecule has 1 N–H and O–H groups in total. The number of thiophene rings is 1. The molecule has 5 nitrogen and oxygen atoms in total. The lowest BCUT2D eigenvalue weighted by Gasteiger charge is -2.30. The summed E-state index contributed by atoms with van der Waals surface area (Å²) in [5.41, 5.74) is 0.610. The van der Waals surface area contributed by atoms with Crippen LogP contribution in [0.15, 0.2) is 46.7 Å². The van der Waals surface area contributed by atoms with Gasteiger partial charge in [-0.15, -0.1) is 11.3 Å². The molecule has 3 rings (SSSR count). The molecule has 0 radical (unpaired) electrons. The third kappa shape index (κ3) is 4.16. The lowest BCUT2D eigenvalue weighted by Crippen LogP contribution is -2.37. The van der Waals surface area contributed by atoms with E-state index in [0.29, 0.717) is 24.7 Å². The molecule has 0 aliphatic carbocycles. The predicted molar refractivity (Wildman–Crippen MR) is 105 cm³/mol. The standard InChI is InChI=1S/C19H24N2O3S2/c1-14(2)19(22)20-16-5-7-17(8-6-16)26(23,24)21-11-9-15(10-12-21)18-4-3-13-25-18/h3-8,13-15H,9-12H2,1-2H3,(H,20,22). The van der Waals surface area contributed by atoms with Crippen molar-refractivity contribution in [1.29, 1.82) is 0 Å². The molecule has 140 valence electrons. The summed E-state index contributed by atoms with van der Waals surface area (Å²) in [5, 5.41) is 4.84. The molecule has 7 heteroatoms. The van der Waals surface area contributed by atoms with Crippen molar-refractivity contribution in [2.24, 2.45) is 5.92 Å². The van der Waals surface area contributed by atoms with E-state index in [0.717, 1.165) is 12.8 Å². The molecule has 1 aliphatic rings. The highest BCUT2D eigenvalue weighted by Gasteiger charge is 2.30. The number of rotatable bonds is 5. The van der Waals surface area contributed by atoms with Gasteiger partial charge in [-0.05, 0) is 54.5 Å². The van der Waals surface area contributed by atoms with E-state index in [4.69, 9.17) is 0 Å². The summed E-state index contributed by atoms with van der Waals surface area (Å²) < 4.78 is 27.3. The molecule has 2 heterocycles. The van der Waals surface area contributed by atoms with E-state index in [-0.39, 0.29) is 16.7 Å². The van der Waals surface area contributed by atoms with Gasteiger partial charge >= 0.3 is 0 Å². The van der Waals surface area contributed by atoms with Crippen molar-refractivity contribution in [3.05, 3.63) is 46.7 Å². The number of hydrogen-bond acceptors (Lipinski definition) is 4. The van der Waals surface area contributed by atoms with E-state index in [1.165, 1.54) is 4.88 Å². The van der Waals surface area contributed by atoms with Gasteiger partial charge in [0.1, 0.15) is 0 Å². The van der Waals surface area contributed by atoms with Gasteiger partial charge in [0.15, 0.2) is 0 Å². The first-order chi connectivity index (χ1) is 12.4. The lowest BCUT2D eigenvalue weighted by molar-refractivity contribution is -0.118. The van der Waals surface area contributed by atoms with Crippen molar-refractivity contribution >= 4 is 33.0 Å². The molecule has 26 heavy (non-hydrogen) atoms. The molecule has 1 saturated heterocycles. The molecule has 0 atom stereocenters. The Morgan fingerprint density at radius 2 is 1.81 bits per heavy atom. The highest BCUT2D eigenvalue weighted by Crippen LogP contribution is 2.33. The number of piperidine rings is 1. The molecule has 0 saturated carbocycles. The van der Waals surface area contributed by atoms with Crippen LogP contribution in [0.25, 0.3) is 0 Å². The van der Waals surface area contributed by atoms with Crippen LogP contribution in [0.1, 0.15) is 37.5 Å². The SMILES string of the molecule is CC(C)C(=O)Nc1ccc(S(=O)(=O)N2CCC(c3cccs3)CC2)cc1. The maximum atomic E-state index is 12.9. The van der Waals surface area contributed by atoms with Gasteiger partial charge < -0.3 is 5.32 Å². The minimum absolute atomic E-state index is 0.0868. The van der Waals surface area contributed by atoms with Gasteiger partial charge in [-0.25, -0.2) is 8.42 Å². The van der Waals surface area contributed by atoms with Crippen LogP contribution in [0, 0.1) is 5.92 Å². The highest BCUT2D eigenvalue weighted by molar-refractivity contribution is 7.89. The van der Waals surface area contributed by atoms with Crippen LogP contribution in [0.3, 0.4) is 0 Å². The minimum Gasteiger partial charge on any atom is -0.326 e. The normalized spacial score (nSPS) is 16.7. The fourth-order valence-electron chi connectivity index (χ4n) is 3.05. The number of amides is 1. The third-order valence-corrected chi connectivity index (χ3v) is 7.63. The molecule has 1 aromatic carbocycles. The second-order valence-electron chi connectivity index (χ2n) is 6.86. The van der Waals surface area contributed by atoms with Crippen molar-refractivity contribution in [3.8, 4) is 0 Å². The summed E-state index contributed by atoms with van der Waals surface area (Å²) in [6, 6.07) is 10.6. The molecule has 0 unspecified atom stereocenters. The minimum atomic E-state index is -3.49. The summed E-state index contributed by atoms with van der Waals surface area (Å²) in [6.45, 7) is 4.70. The Bertz CT molecular complexity index is 835. The summed E-state index contributed by atoms with van der Waals surface area (Å²) in [6.07, 6.45) is 1.70. The second kappa shape index (κ2) is 7.90. The van der Waals surface area contributed by atoms with Gasteiger partial charge in [-0.3, -0.25) is 4.79 Å². The largest absolute Gasteiger partial charge is 0.326 e. The number of carbonyl (C=O) groups excluding carboxylic acids is 1. The number of hydrogen-bond donors (Lipinski definition) is 1. The van der Waals surface area contributed by atoms with Gasteiger partial charge in [0.05, 0.1) is 4.90 Å². The number of carbonyl (C=O) groups is 1. The van der Waals surface area contributed by atoms with Crippen LogP contribution < -0.4 is 5.32 Å². The van der Waals surface area contributed by atoms with Gasteiger partial charge in [0.2, 0.25) is 15.9 Å². The summed E-state index contributed by atoms with van der Waals surface area (Å²) in [4.78, 5) is 13.3. The topological polar surface area (TPSA) is 66.5 Å². The summed E-state index contributed by atoms with van der Waals surface area (Å²) in [5.74, 6) is 0.245. The summed E-state index contributed by atoms with van der Waals surface area (Å²) >= 11 is 1.74. The molecule has 1 amide bonds. The van der Waals surface area contributed by atoms with Gasteiger partial charge in [0, 0.05) is 29.6 Å². The first-order valence-electron chi connectivity index (χ1n) is 8.82. The van der Waals surface area contributed by atoms with Crippen molar-refractivity contribution in [1.82, 2.24) is 4.31 Å². The first-order valence-corrected chi connectivity index (χ1v) is 11.1. The fourth-order valence-corrected chi connectivity index (χ4v) is 5.42. The van der Waals surface area contributed by atoms with Crippen LogP contribution >= 0.6 is 11.3 Å². The Kier molecular flexibility index (Phi) is 5.79. The van der Waals surface area contributed by atoms with E-state index in [1.54, 1.807) is 39.9 Å². The number of sulfonamides is 1. The predicted octanol–water partition coefficient (Wildman–Crippen LogP) is 3.91. The zero-order valence-corrected chi connectivity index (χ0v) is 16.6. The zero-order valence-electron chi connectivity index (χ0n) is 15.0. The van der Waals surface area contributed by atoms with E-state index < -0.39 is 10.0 Å². The third-order valence-electron chi connectivity index (χ3n) is 4.68. The fraction of sp³-hybridized carbons (Fsp3) is 0.421. The molecule has 0 spiro atoms. The molecule has 1 aliphatic heterocycles. The molecular weight excluding hydrogens is 368 g/mol. The number of nitrogens with zero attached hydrogens (tertiary/aromatic N) is 1. The Labute approximate surface area is 159 Å². The number of anilines is 1. The number of nitrogens with one attached hydrogen (secondary N) is 1. The first kappa shape index (κ1) is 19.1. The Morgan fingerprint density at radius 1 is 1.15 bits per heavy atom. The van der Waals surface area contributed by atoms with Crippen molar-refractivity contribution in [2.75, 3.05) is 18.4 Å². The smallest absolute Gasteiger partial charge is 0.243 e. The lowest BCUT2D eigenvalue weighted by atomic mass is 9.97. The second-order valence-corrected chi connectivity index (χ2v) is 9.78. The maximum Gasteiger partial charge on any atom is 0.243 e. The Hall–Kier alpha value is -1.70. The van der Waals surface area contributed by atoms with Gasteiger partial charge in [-0.1, -0.05) is 19.9 Å². The van der Waals surface area contributed by atoms with Gasteiger partial charge in [0.25, 0.3) is 0 Å². The Morgan fingerprint density at radius 3 is 2.35 bits per heavy atom. The van der Waals surface area contributed by atoms with Crippen molar-refractivity contribution in [2.45, 2.75) is 37.5 Å².